The van der Waals surface area contributed by atoms with Gasteiger partial charge in [0.05, 0.1) is 31.5 Å². The lowest BCUT2D eigenvalue weighted by atomic mass is 9.84. The van der Waals surface area contributed by atoms with E-state index in [2.05, 4.69) is 0 Å². The Bertz CT molecular complexity index is 3750. The van der Waals surface area contributed by atoms with Crippen LogP contribution in [0, 0.1) is 0 Å². The predicted molar refractivity (Wildman–Crippen MR) is 175 cm³/mol. The molecule has 1 heterocycles. The summed E-state index contributed by atoms with van der Waals surface area (Å²) in [6.45, 7) is 0. The summed E-state index contributed by atoms with van der Waals surface area (Å²) in [6.07, 6.45) is 0. The third-order valence-corrected chi connectivity index (χ3v) is 6.96. The Hall–Kier alpha value is -5.40. The standard InChI is InChI=1S/C40H24O/c1-3-13-28-25(10-1)12-9-19-30(28)39-33-17-7-5-15-31(33)38(32-16-6-8-18-34(32)39)27-21-22-36-35(24-27)40-29-14-4-2-11-26(29)20-23-37(40)41-36/h1-24H/i1D,2D,3D,4D,5D,6D,7D,8D,9D,10D,11D,12D,13D,14D,15D,17D,18D,19D,20D,21D,22D,23D,24D. The third kappa shape index (κ3) is 3.24. The van der Waals surface area contributed by atoms with Gasteiger partial charge in [-0.3, -0.25) is 0 Å². The largest absolute Gasteiger partial charge is 0.456 e. The lowest BCUT2D eigenvalue weighted by Gasteiger charge is -2.18. The van der Waals surface area contributed by atoms with Crippen molar-refractivity contribution in [3.8, 4) is 22.3 Å². The Balaban J connectivity index is 1.64. The lowest BCUT2D eigenvalue weighted by molar-refractivity contribution is 0.669. The van der Waals surface area contributed by atoms with Crippen LogP contribution in [0.25, 0.3) is 87.3 Å². The Labute approximate surface area is 269 Å². The second-order valence-corrected chi connectivity index (χ2v) is 9.09. The van der Waals surface area contributed by atoms with Crippen molar-refractivity contribution in [2.24, 2.45) is 0 Å². The van der Waals surface area contributed by atoms with Gasteiger partial charge in [0, 0.05) is 10.8 Å². The minimum absolute atomic E-state index is 0.321. The maximum absolute atomic E-state index is 9.81. The Morgan fingerprint density at radius 1 is 0.415 bits per heavy atom. The van der Waals surface area contributed by atoms with Crippen LogP contribution in [-0.2, 0) is 0 Å². The van der Waals surface area contributed by atoms with E-state index in [4.69, 9.17) is 26.3 Å². The third-order valence-electron chi connectivity index (χ3n) is 6.96. The summed E-state index contributed by atoms with van der Waals surface area (Å²) in [4.78, 5) is 0. The molecule has 0 radical (unpaired) electrons. The first-order valence-corrected chi connectivity index (χ1v) is 12.2. The molecule has 0 aliphatic carbocycles. The molecule has 0 bridgehead atoms. The molecule has 41 heavy (non-hydrogen) atoms. The number of furan rings is 1. The first-order chi connectivity index (χ1) is 29.9. The average Bonchev–Trinajstić information content (AvgIpc) is 3.67. The van der Waals surface area contributed by atoms with Gasteiger partial charge in [-0.15, -0.1) is 0 Å². The van der Waals surface area contributed by atoms with Crippen molar-refractivity contribution in [2.45, 2.75) is 0 Å². The van der Waals surface area contributed by atoms with Gasteiger partial charge in [-0.1, -0.05) is 127 Å². The first-order valence-electron chi connectivity index (χ1n) is 23.7. The average molecular weight is 544 g/mol. The van der Waals surface area contributed by atoms with E-state index in [1.54, 1.807) is 0 Å². The Morgan fingerprint density at radius 2 is 1.02 bits per heavy atom. The molecular formula is C40H24O. The van der Waals surface area contributed by atoms with Crippen LogP contribution in [-0.4, -0.2) is 0 Å². The van der Waals surface area contributed by atoms with Crippen LogP contribution in [0.2, 0.25) is 0 Å². The molecule has 1 nitrogen and oxygen atoms in total. The number of benzene rings is 8. The number of hydrogen-bond donors (Lipinski definition) is 0. The molecule has 9 aromatic rings. The van der Waals surface area contributed by atoms with E-state index in [0.29, 0.717) is 0 Å². The minimum atomic E-state index is -0.899. The molecule has 0 saturated carbocycles. The van der Waals surface area contributed by atoms with Gasteiger partial charge < -0.3 is 4.42 Å². The van der Waals surface area contributed by atoms with Crippen molar-refractivity contribution in [3.63, 3.8) is 0 Å². The van der Waals surface area contributed by atoms with Crippen LogP contribution in [0.1, 0.15) is 31.5 Å². The van der Waals surface area contributed by atoms with Gasteiger partial charge in [-0.25, -0.2) is 0 Å². The molecule has 0 N–H and O–H groups in total. The van der Waals surface area contributed by atoms with Crippen LogP contribution < -0.4 is 0 Å². The van der Waals surface area contributed by atoms with Gasteiger partial charge in [0.25, 0.3) is 0 Å². The maximum Gasteiger partial charge on any atom is 0.136 e. The quantitative estimate of drug-likeness (QED) is 0.198. The molecule has 1 aromatic heterocycles. The van der Waals surface area contributed by atoms with Gasteiger partial charge >= 0.3 is 0 Å². The smallest absolute Gasteiger partial charge is 0.136 e. The summed E-state index contributed by atoms with van der Waals surface area (Å²) >= 11 is 0. The summed E-state index contributed by atoms with van der Waals surface area (Å²) in [6, 6.07) is -17.2. The molecule has 1 heteroatoms. The van der Waals surface area contributed by atoms with E-state index in [-0.39, 0.29) is 16.2 Å². The molecule has 0 aliphatic rings. The minimum Gasteiger partial charge on any atom is -0.456 e. The Morgan fingerprint density at radius 3 is 1.85 bits per heavy atom. The van der Waals surface area contributed by atoms with E-state index in [9.17, 15) is 9.60 Å². The van der Waals surface area contributed by atoms with Gasteiger partial charge in [-0.05, 0) is 83.5 Å². The molecule has 9 rings (SSSR count). The fourth-order valence-electron chi connectivity index (χ4n) is 5.28. The van der Waals surface area contributed by atoms with E-state index in [1.807, 2.05) is 0 Å². The van der Waals surface area contributed by atoms with Crippen molar-refractivity contribution >= 4 is 65.0 Å². The summed E-state index contributed by atoms with van der Waals surface area (Å²) in [5, 5.41) is -4.64. The monoisotopic (exact) mass is 543 g/mol. The van der Waals surface area contributed by atoms with Crippen LogP contribution in [0.4, 0.5) is 0 Å². The SMILES string of the molecule is [2H]c1cc2c(-c3c([2H])c([2H])c4oc5c([2H])c([2H])c6c([2H])c([2H])c([2H])c([2H])c6c5c4c3[2H])c3c([2H])c([2H])c([2H])c([2H])c3c(-c3c([2H])c([2H])c([2H])c4c([2H])c([2H])c([2H])c([2H])c34)c2c([2H])c1[2H]. The first kappa shape index (κ1) is 9.61. The van der Waals surface area contributed by atoms with Crippen molar-refractivity contribution in [1.82, 2.24) is 0 Å². The van der Waals surface area contributed by atoms with Crippen molar-refractivity contribution in [2.75, 3.05) is 0 Å². The van der Waals surface area contributed by atoms with E-state index in [0.717, 1.165) is 6.07 Å². The fraction of sp³-hybridized carbons (Fsp3) is 0. The highest BCUT2D eigenvalue weighted by atomic mass is 16.3. The van der Waals surface area contributed by atoms with Gasteiger partial charge in [-0.2, -0.15) is 0 Å². The predicted octanol–water partition coefficient (Wildman–Crippen LogP) is 11.5. The van der Waals surface area contributed by atoms with E-state index < -0.39 is 210 Å². The summed E-state index contributed by atoms with van der Waals surface area (Å²) in [5.74, 6) is 0. The molecule has 0 saturated heterocycles. The van der Waals surface area contributed by atoms with Crippen molar-refractivity contribution in [1.29, 1.82) is 0 Å². The zero-order chi connectivity index (χ0) is 46.9. The summed E-state index contributed by atoms with van der Waals surface area (Å²) < 4.78 is 211. The molecule has 0 amide bonds. The topological polar surface area (TPSA) is 13.1 Å². The van der Waals surface area contributed by atoms with Gasteiger partial charge in [0.1, 0.15) is 11.2 Å². The van der Waals surface area contributed by atoms with E-state index >= 15 is 0 Å². The zero-order valence-electron chi connectivity index (χ0n) is 43.5. The highest BCUT2D eigenvalue weighted by Crippen LogP contribution is 2.46. The van der Waals surface area contributed by atoms with Crippen LogP contribution in [0.3, 0.4) is 0 Å². The molecule has 190 valence electrons. The normalized spacial score (nSPS) is 19.8. The summed E-state index contributed by atoms with van der Waals surface area (Å²) in [7, 11) is 0. The fourth-order valence-corrected chi connectivity index (χ4v) is 5.28. The highest BCUT2D eigenvalue weighted by Gasteiger charge is 2.19. The van der Waals surface area contributed by atoms with Crippen LogP contribution in [0.15, 0.2) is 149 Å². The Kier molecular flexibility index (Phi) is 2.00. The summed E-state index contributed by atoms with van der Waals surface area (Å²) in [5.41, 5.74) is -3.23. The molecular weight excluding hydrogens is 496 g/mol. The molecule has 0 fully saturated rings. The number of rotatable bonds is 2. The second-order valence-electron chi connectivity index (χ2n) is 9.09. The maximum atomic E-state index is 9.81. The van der Waals surface area contributed by atoms with Crippen LogP contribution in [0.5, 0.6) is 0 Å². The second kappa shape index (κ2) is 8.55. The van der Waals surface area contributed by atoms with Crippen molar-refractivity contribution < 1.29 is 35.9 Å². The zero-order valence-corrected chi connectivity index (χ0v) is 20.5. The molecule has 0 unspecified atom stereocenters. The number of fused-ring (bicyclic) bond motifs is 8. The highest BCUT2D eigenvalue weighted by molar-refractivity contribution is 6.25. The van der Waals surface area contributed by atoms with Crippen LogP contribution >= 0.6 is 0 Å². The number of hydrogen-bond acceptors (Lipinski definition) is 1. The van der Waals surface area contributed by atoms with Gasteiger partial charge in [0.15, 0.2) is 0 Å². The van der Waals surface area contributed by atoms with Crippen molar-refractivity contribution in [3.05, 3.63) is 145 Å². The van der Waals surface area contributed by atoms with Gasteiger partial charge in [0.2, 0.25) is 0 Å². The lowest BCUT2D eigenvalue weighted by Crippen LogP contribution is -1.91. The molecule has 0 spiro atoms. The molecule has 8 aromatic carbocycles. The molecule has 0 aliphatic heterocycles. The molecule has 0 atom stereocenters. The van der Waals surface area contributed by atoms with E-state index in [1.165, 1.54) is 0 Å².